The van der Waals surface area contributed by atoms with Gasteiger partial charge in [0.1, 0.15) is 0 Å². The highest BCUT2D eigenvalue weighted by molar-refractivity contribution is 5.83. The Balaban J connectivity index is 2.48. The molecule has 1 rings (SSSR count). The number of hydrogen-bond acceptors (Lipinski definition) is 3. The first-order chi connectivity index (χ1) is 8.43. The van der Waals surface area contributed by atoms with Gasteiger partial charge in [-0.3, -0.25) is 14.5 Å². The maximum absolute atomic E-state index is 12.3. The molecule has 0 spiro atoms. The minimum absolute atomic E-state index is 0.0239. The van der Waals surface area contributed by atoms with Crippen LogP contribution in [0.4, 0.5) is 0 Å². The number of amides is 2. The second-order valence-electron chi connectivity index (χ2n) is 5.27. The van der Waals surface area contributed by atoms with Crippen molar-refractivity contribution in [2.45, 2.75) is 32.2 Å². The van der Waals surface area contributed by atoms with Crippen molar-refractivity contribution in [1.29, 1.82) is 0 Å². The zero-order chi connectivity index (χ0) is 13.7. The molecule has 1 fully saturated rings. The second-order valence-corrected chi connectivity index (χ2v) is 5.27. The molecule has 18 heavy (non-hydrogen) atoms. The van der Waals surface area contributed by atoms with E-state index >= 15 is 0 Å². The largest absolute Gasteiger partial charge is 0.348 e. The number of likely N-dealkylation sites (tertiary alicyclic amines) is 1. The van der Waals surface area contributed by atoms with Crippen LogP contribution in [0.1, 0.15) is 26.2 Å². The number of carbonyl (C=O) groups is 2. The predicted molar refractivity (Wildman–Crippen MR) is 71.2 cm³/mol. The molecule has 0 aromatic carbocycles. The molecule has 2 amide bonds. The highest BCUT2D eigenvalue weighted by Gasteiger charge is 2.26. The van der Waals surface area contributed by atoms with Crippen LogP contribution in [0.2, 0.25) is 0 Å². The van der Waals surface area contributed by atoms with Gasteiger partial charge in [0.2, 0.25) is 11.8 Å². The van der Waals surface area contributed by atoms with E-state index in [2.05, 4.69) is 0 Å². The fourth-order valence-corrected chi connectivity index (χ4v) is 2.06. The summed E-state index contributed by atoms with van der Waals surface area (Å²) in [6, 6.07) is -0.230. The number of rotatable bonds is 4. The Labute approximate surface area is 110 Å². The molecular formula is C13H25N3O2. The number of piperidine rings is 1. The van der Waals surface area contributed by atoms with Crippen LogP contribution in [0.3, 0.4) is 0 Å². The first kappa shape index (κ1) is 15.0. The van der Waals surface area contributed by atoms with Crippen molar-refractivity contribution in [2.75, 3.05) is 40.8 Å². The highest BCUT2D eigenvalue weighted by Crippen LogP contribution is 2.11. The smallest absolute Gasteiger partial charge is 0.239 e. The summed E-state index contributed by atoms with van der Waals surface area (Å²) in [6.07, 6.45) is 3.41. The van der Waals surface area contributed by atoms with Crippen LogP contribution in [-0.4, -0.2) is 73.3 Å². The summed E-state index contributed by atoms with van der Waals surface area (Å²) in [5, 5.41) is 0. The van der Waals surface area contributed by atoms with Crippen LogP contribution in [0.5, 0.6) is 0 Å². The fraction of sp³-hybridized carbons (Fsp3) is 0.846. The standard InChI is InChI=1S/C13H25N3O2/c1-11(15(4)10-12(17)14(2)3)13(18)16-8-6-5-7-9-16/h11H,5-10H2,1-4H3/t11-/m1/s1. The van der Waals surface area contributed by atoms with Gasteiger partial charge in [0.05, 0.1) is 12.6 Å². The molecule has 1 aliphatic rings. The van der Waals surface area contributed by atoms with Crippen LogP contribution in [-0.2, 0) is 9.59 Å². The Hall–Kier alpha value is -1.10. The van der Waals surface area contributed by atoms with E-state index in [0.29, 0.717) is 0 Å². The maximum atomic E-state index is 12.3. The van der Waals surface area contributed by atoms with Gasteiger partial charge in [-0.05, 0) is 33.2 Å². The van der Waals surface area contributed by atoms with Crippen LogP contribution in [0.25, 0.3) is 0 Å². The van der Waals surface area contributed by atoms with Crippen molar-refractivity contribution >= 4 is 11.8 Å². The molecule has 0 saturated carbocycles. The van der Waals surface area contributed by atoms with Gasteiger partial charge in [-0.1, -0.05) is 0 Å². The van der Waals surface area contributed by atoms with Gasteiger partial charge >= 0.3 is 0 Å². The highest BCUT2D eigenvalue weighted by atomic mass is 16.2. The Kier molecular flexibility index (Phi) is 5.59. The summed E-state index contributed by atoms with van der Waals surface area (Å²) in [5.74, 6) is 0.166. The SMILES string of the molecule is C[C@H](C(=O)N1CCCCC1)N(C)CC(=O)N(C)C. The normalized spacial score (nSPS) is 17.7. The number of likely N-dealkylation sites (N-methyl/N-ethyl adjacent to an activating group) is 2. The Bertz CT molecular complexity index is 299. The lowest BCUT2D eigenvalue weighted by atomic mass is 10.1. The minimum atomic E-state index is -0.230. The minimum Gasteiger partial charge on any atom is -0.348 e. The van der Waals surface area contributed by atoms with Gasteiger partial charge in [0, 0.05) is 27.2 Å². The number of carbonyl (C=O) groups excluding carboxylic acids is 2. The van der Waals surface area contributed by atoms with Gasteiger partial charge in [0.15, 0.2) is 0 Å². The fourth-order valence-electron chi connectivity index (χ4n) is 2.06. The molecule has 0 aromatic heterocycles. The van der Waals surface area contributed by atoms with Crippen LogP contribution >= 0.6 is 0 Å². The molecule has 1 saturated heterocycles. The molecule has 0 bridgehead atoms. The Morgan fingerprint density at radius 3 is 2.17 bits per heavy atom. The Morgan fingerprint density at radius 2 is 1.67 bits per heavy atom. The van der Waals surface area contributed by atoms with Crippen LogP contribution in [0, 0.1) is 0 Å². The van der Waals surface area contributed by atoms with Crippen molar-refractivity contribution in [3.63, 3.8) is 0 Å². The van der Waals surface area contributed by atoms with E-state index in [9.17, 15) is 9.59 Å². The second kappa shape index (κ2) is 6.73. The molecule has 1 aliphatic heterocycles. The molecule has 104 valence electrons. The van der Waals surface area contributed by atoms with Crippen molar-refractivity contribution in [3.05, 3.63) is 0 Å². The van der Waals surface area contributed by atoms with E-state index in [1.807, 2.05) is 23.8 Å². The lowest BCUT2D eigenvalue weighted by Gasteiger charge is -2.32. The van der Waals surface area contributed by atoms with Crippen molar-refractivity contribution in [3.8, 4) is 0 Å². The van der Waals surface area contributed by atoms with Crippen molar-refractivity contribution < 1.29 is 9.59 Å². The van der Waals surface area contributed by atoms with Gasteiger partial charge in [-0.15, -0.1) is 0 Å². The Morgan fingerprint density at radius 1 is 1.11 bits per heavy atom. The zero-order valence-electron chi connectivity index (χ0n) is 12.0. The molecule has 0 aromatic rings. The third-order valence-electron chi connectivity index (χ3n) is 3.57. The summed E-state index contributed by atoms with van der Waals surface area (Å²) in [6.45, 7) is 3.88. The summed E-state index contributed by atoms with van der Waals surface area (Å²) < 4.78 is 0. The molecule has 0 unspecified atom stereocenters. The van der Waals surface area contributed by atoms with E-state index in [1.165, 1.54) is 6.42 Å². The summed E-state index contributed by atoms with van der Waals surface area (Å²) in [5.41, 5.74) is 0. The topological polar surface area (TPSA) is 43.9 Å². The lowest BCUT2D eigenvalue weighted by molar-refractivity contribution is -0.138. The van der Waals surface area contributed by atoms with Gasteiger partial charge in [-0.25, -0.2) is 0 Å². The van der Waals surface area contributed by atoms with Crippen molar-refractivity contribution in [1.82, 2.24) is 14.7 Å². The van der Waals surface area contributed by atoms with E-state index in [4.69, 9.17) is 0 Å². The molecule has 5 nitrogen and oxygen atoms in total. The first-order valence-electron chi connectivity index (χ1n) is 6.62. The third-order valence-corrected chi connectivity index (χ3v) is 3.57. The summed E-state index contributed by atoms with van der Waals surface area (Å²) in [7, 11) is 5.29. The van der Waals surface area contributed by atoms with Gasteiger partial charge in [0.25, 0.3) is 0 Å². The van der Waals surface area contributed by atoms with Gasteiger partial charge < -0.3 is 9.80 Å². The van der Waals surface area contributed by atoms with E-state index in [-0.39, 0.29) is 24.4 Å². The number of nitrogens with zero attached hydrogens (tertiary/aromatic N) is 3. The van der Waals surface area contributed by atoms with E-state index in [1.54, 1.807) is 19.0 Å². The summed E-state index contributed by atoms with van der Waals surface area (Å²) in [4.78, 5) is 29.2. The summed E-state index contributed by atoms with van der Waals surface area (Å²) >= 11 is 0. The third kappa shape index (κ3) is 3.98. The monoisotopic (exact) mass is 255 g/mol. The quantitative estimate of drug-likeness (QED) is 0.731. The first-order valence-corrected chi connectivity index (χ1v) is 6.62. The van der Waals surface area contributed by atoms with Crippen LogP contribution < -0.4 is 0 Å². The van der Waals surface area contributed by atoms with Crippen molar-refractivity contribution in [2.24, 2.45) is 0 Å². The average Bonchev–Trinajstić information content (AvgIpc) is 2.37. The molecule has 0 radical (unpaired) electrons. The number of hydrogen-bond donors (Lipinski definition) is 0. The van der Waals surface area contributed by atoms with E-state index < -0.39 is 0 Å². The molecule has 1 atom stereocenters. The van der Waals surface area contributed by atoms with Crippen LogP contribution in [0.15, 0.2) is 0 Å². The predicted octanol–water partition coefficient (Wildman–Crippen LogP) is 0.407. The van der Waals surface area contributed by atoms with Gasteiger partial charge in [-0.2, -0.15) is 0 Å². The molecule has 0 N–H and O–H groups in total. The lowest BCUT2D eigenvalue weighted by Crippen LogP contribution is -2.49. The molecular weight excluding hydrogens is 230 g/mol. The zero-order valence-corrected chi connectivity index (χ0v) is 12.0. The maximum Gasteiger partial charge on any atom is 0.239 e. The average molecular weight is 255 g/mol. The van der Waals surface area contributed by atoms with E-state index in [0.717, 1.165) is 25.9 Å². The molecule has 1 heterocycles. The molecule has 5 heteroatoms. The molecule has 0 aliphatic carbocycles.